The molecule has 0 aromatic heterocycles. The van der Waals surface area contributed by atoms with Crippen molar-refractivity contribution < 1.29 is 0 Å². The van der Waals surface area contributed by atoms with Crippen LogP contribution in [0.15, 0.2) is 35.4 Å². The van der Waals surface area contributed by atoms with Gasteiger partial charge in [-0.15, -0.1) is 0 Å². The molecule has 13 heavy (non-hydrogen) atoms. The van der Waals surface area contributed by atoms with Crippen molar-refractivity contribution in [3.63, 3.8) is 0 Å². The predicted octanol–water partition coefficient (Wildman–Crippen LogP) is 0.279. The second-order valence-corrected chi connectivity index (χ2v) is 2.98. The Morgan fingerprint density at radius 2 is 2.15 bits per heavy atom. The van der Waals surface area contributed by atoms with Gasteiger partial charge in [0.05, 0.1) is 0 Å². The van der Waals surface area contributed by atoms with Crippen molar-refractivity contribution in [1.29, 1.82) is 0 Å². The largest absolute Gasteiger partial charge is 0.287 e. The molecule has 0 aliphatic carbocycles. The molecule has 0 saturated heterocycles. The van der Waals surface area contributed by atoms with Gasteiger partial charge in [-0.05, 0) is 5.56 Å². The first-order valence-electron chi connectivity index (χ1n) is 4.22. The average molecular weight is 176 g/mol. The molecule has 0 amide bonds. The summed E-state index contributed by atoms with van der Waals surface area (Å²) in [4.78, 5) is 0. The third-order valence-corrected chi connectivity index (χ3v) is 1.99. The number of nitrogens with zero attached hydrogens (tertiary/aromatic N) is 2. The minimum Gasteiger partial charge on any atom is -0.287 e. The summed E-state index contributed by atoms with van der Waals surface area (Å²) in [6, 6.07) is 10.2. The highest BCUT2D eigenvalue weighted by molar-refractivity contribution is 5.84. The van der Waals surface area contributed by atoms with Gasteiger partial charge in [0.25, 0.3) is 0 Å². The molecule has 0 atom stereocenters. The van der Waals surface area contributed by atoms with Crippen LogP contribution in [-0.4, -0.2) is 17.5 Å². The number of amidine groups is 1. The quantitative estimate of drug-likeness (QED) is 0.636. The predicted molar refractivity (Wildman–Crippen MR) is 51.6 cm³/mol. The van der Waals surface area contributed by atoms with E-state index in [0.29, 0.717) is 6.67 Å². The van der Waals surface area contributed by atoms with Gasteiger partial charge in [0.2, 0.25) is 0 Å². The second kappa shape index (κ2) is 3.45. The van der Waals surface area contributed by atoms with Gasteiger partial charge >= 0.3 is 0 Å². The Kier molecular flexibility index (Phi) is 2.14. The standard InChI is InChI=1S/C9H12N4/c10-13-7-11-12-9(13)6-8-4-2-1-3-5-8/h1-5,11H,6-7,10H2. The molecule has 1 aliphatic heterocycles. The number of benzene rings is 1. The number of hydrazone groups is 1. The van der Waals surface area contributed by atoms with E-state index in [1.165, 1.54) is 5.56 Å². The maximum atomic E-state index is 5.67. The number of rotatable bonds is 2. The molecule has 0 unspecified atom stereocenters. The van der Waals surface area contributed by atoms with E-state index in [0.717, 1.165) is 12.3 Å². The molecule has 68 valence electrons. The van der Waals surface area contributed by atoms with E-state index in [1.54, 1.807) is 5.01 Å². The summed E-state index contributed by atoms with van der Waals surface area (Å²) in [5, 5.41) is 5.70. The fourth-order valence-corrected chi connectivity index (χ4v) is 1.28. The molecule has 0 bridgehead atoms. The van der Waals surface area contributed by atoms with Gasteiger partial charge in [0.1, 0.15) is 12.5 Å². The smallest absolute Gasteiger partial charge is 0.144 e. The van der Waals surface area contributed by atoms with Crippen LogP contribution in [0.2, 0.25) is 0 Å². The van der Waals surface area contributed by atoms with Crippen molar-refractivity contribution in [3.05, 3.63) is 35.9 Å². The zero-order valence-electron chi connectivity index (χ0n) is 7.27. The molecule has 1 heterocycles. The van der Waals surface area contributed by atoms with Gasteiger partial charge in [0.15, 0.2) is 0 Å². The van der Waals surface area contributed by atoms with Crippen molar-refractivity contribution in [2.75, 3.05) is 6.67 Å². The highest BCUT2D eigenvalue weighted by atomic mass is 15.6. The van der Waals surface area contributed by atoms with Gasteiger partial charge in [0, 0.05) is 6.42 Å². The Hall–Kier alpha value is -1.55. The van der Waals surface area contributed by atoms with Gasteiger partial charge in [-0.3, -0.25) is 10.4 Å². The monoisotopic (exact) mass is 176 g/mol. The lowest BCUT2D eigenvalue weighted by atomic mass is 10.1. The maximum absolute atomic E-state index is 5.67. The summed E-state index contributed by atoms with van der Waals surface area (Å²) in [5.41, 5.74) is 4.05. The number of hydrogen-bond donors (Lipinski definition) is 2. The van der Waals surface area contributed by atoms with Crippen molar-refractivity contribution in [1.82, 2.24) is 10.4 Å². The van der Waals surface area contributed by atoms with Crippen molar-refractivity contribution in [2.45, 2.75) is 6.42 Å². The average Bonchev–Trinajstić information content (AvgIpc) is 2.54. The van der Waals surface area contributed by atoms with E-state index >= 15 is 0 Å². The summed E-state index contributed by atoms with van der Waals surface area (Å²) in [6.07, 6.45) is 0.782. The van der Waals surface area contributed by atoms with Gasteiger partial charge in [-0.2, -0.15) is 5.10 Å². The van der Waals surface area contributed by atoms with Crippen LogP contribution in [0.4, 0.5) is 0 Å². The van der Waals surface area contributed by atoms with E-state index in [1.807, 2.05) is 18.2 Å². The molecule has 1 aliphatic rings. The third-order valence-electron chi connectivity index (χ3n) is 1.99. The molecule has 3 N–H and O–H groups in total. The lowest BCUT2D eigenvalue weighted by molar-refractivity contribution is 0.441. The minimum absolute atomic E-state index is 0.599. The molecule has 0 fully saturated rings. The SMILES string of the molecule is NN1CNN=C1Cc1ccccc1. The highest BCUT2D eigenvalue weighted by Crippen LogP contribution is 2.03. The molecule has 1 aromatic carbocycles. The summed E-state index contributed by atoms with van der Waals surface area (Å²) >= 11 is 0. The molecule has 0 radical (unpaired) electrons. The Bertz CT molecular complexity index is 307. The first kappa shape index (κ1) is 8.07. The van der Waals surface area contributed by atoms with E-state index in [4.69, 9.17) is 5.84 Å². The van der Waals surface area contributed by atoms with Crippen molar-refractivity contribution in [2.24, 2.45) is 10.9 Å². The van der Waals surface area contributed by atoms with E-state index in [-0.39, 0.29) is 0 Å². The van der Waals surface area contributed by atoms with Crippen LogP contribution in [-0.2, 0) is 6.42 Å². The zero-order chi connectivity index (χ0) is 9.10. The van der Waals surface area contributed by atoms with Gasteiger partial charge < -0.3 is 0 Å². The van der Waals surface area contributed by atoms with Crippen LogP contribution >= 0.6 is 0 Å². The summed E-state index contributed by atoms with van der Waals surface area (Å²) in [5.74, 6) is 6.55. The van der Waals surface area contributed by atoms with Crippen molar-refractivity contribution in [3.8, 4) is 0 Å². The normalized spacial score (nSPS) is 15.5. The Balaban J connectivity index is 2.06. The summed E-state index contributed by atoms with van der Waals surface area (Å²) in [6.45, 7) is 0.599. The number of nitrogens with two attached hydrogens (primary N) is 1. The van der Waals surface area contributed by atoms with Crippen LogP contribution in [0.3, 0.4) is 0 Å². The molecule has 0 saturated carbocycles. The van der Waals surface area contributed by atoms with Crippen LogP contribution < -0.4 is 11.3 Å². The van der Waals surface area contributed by atoms with Crippen LogP contribution in [0.5, 0.6) is 0 Å². The highest BCUT2D eigenvalue weighted by Gasteiger charge is 2.12. The first-order valence-corrected chi connectivity index (χ1v) is 4.22. The fourth-order valence-electron chi connectivity index (χ4n) is 1.28. The summed E-state index contributed by atoms with van der Waals surface area (Å²) in [7, 11) is 0. The Morgan fingerprint density at radius 3 is 2.77 bits per heavy atom. The Morgan fingerprint density at radius 1 is 1.38 bits per heavy atom. The lowest BCUT2D eigenvalue weighted by Crippen LogP contribution is -2.36. The number of hydrazine groups is 1. The van der Waals surface area contributed by atoms with Crippen LogP contribution in [0.25, 0.3) is 0 Å². The lowest BCUT2D eigenvalue weighted by Gasteiger charge is -2.10. The summed E-state index contributed by atoms with van der Waals surface area (Å²) < 4.78 is 0. The van der Waals surface area contributed by atoms with Crippen molar-refractivity contribution >= 4 is 5.84 Å². The minimum atomic E-state index is 0.599. The van der Waals surface area contributed by atoms with Gasteiger partial charge in [-0.1, -0.05) is 30.3 Å². The molecule has 4 heteroatoms. The second-order valence-electron chi connectivity index (χ2n) is 2.98. The molecular weight excluding hydrogens is 164 g/mol. The molecular formula is C9H12N4. The topological polar surface area (TPSA) is 53.6 Å². The first-order chi connectivity index (χ1) is 6.36. The molecule has 2 rings (SSSR count). The Labute approximate surface area is 77.0 Å². The van der Waals surface area contributed by atoms with Gasteiger partial charge in [-0.25, -0.2) is 5.84 Å². The zero-order valence-corrected chi connectivity index (χ0v) is 7.27. The molecule has 1 aromatic rings. The molecule has 4 nitrogen and oxygen atoms in total. The van der Waals surface area contributed by atoms with E-state index in [2.05, 4.69) is 22.7 Å². The number of nitrogens with one attached hydrogen (secondary N) is 1. The third kappa shape index (κ3) is 1.78. The molecule has 0 spiro atoms. The maximum Gasteiger partial charge on any atom is 0.144 e. The van der Waals surface area contributed by atoms with E-state index in [9.17, 15) is 0 Å². The van der Waals surface area contributed by atoms with E-state index < -0.39 is 0 Å². The van der Waals surface area contributed by atoms with Crippen LogP contribution in [0, 0.1) is 0 Å². The van der Waals surface area contributed by atoms with Crippen LogP contribution in [0.1, 0.15) is 5.56 Å². The fraction of sp³-hybridized carbons (Fsp3) is 0.222. The number of hydrogen-bond acceptors (Lipinski definition) is 4.